The molecule has 1 aliphatic carbocycles. The van der Waals surface area contributed by atoms with Crippen LogP contribution in [-0.2, 0) is 5.41 Å². The number of para-hydroxylation sites is 8. The van der Waals surface area contributed by atoms with Gasteiger partial charge in [-0.05, 0) is 310 Å². The second-order valence-electron chi connectivity index (χ2n) is 39.8. The van der Waals surface area contributed by atoms with Crippen LogP contribution in [0, 0.1) is 0 Å². The molecule has 0 saturated carbocycles. The molecule has 0 aliphatic heterocycles. The van der Waals surface area contributed by atoms with E-state index < -0.39 is 0 Å². The summed E-state index contributed by atoms with van der Waals surface area (Å²) >= 11 is 0. The Morgan fingerprint density at radius 3 is 0.718 bits per heavy atom. The van der Waals surface area contributed by atoms with Gasteiger partial charge in [-0.3, -0.25) is 0 Å². The van der Waals surface area contributed by atoms with Gasteiger partial charge in [-0.1, -0.05) is 384 Å². The number of fused-ring (bicyclic) bond motifs is 17. The van der Waals surface area contributed by atoms with Crippen molar-refractivity contribution < 1.29 is 0 Å². The van der Waals surface area contributed by atoms with Crippen LogP contribution in [0.5, 0.6) is 0 Å². The number of nitrogens with zero attached hydrogens (tertiary/aromatic N) is 6. The van der Waals surface area contributed by atoms with E-state index in [1.54, 1.807) is 0 Å². The van der Waals surface area contributed by atoms with Crippen LogP contribution in [0.2, 0.25) is 0 Å². The summed E-state index contributed by atoms with van der Waals surface area (Å²) in [5.74, 6) is 0. The number of rotatable bonds is 17. The molecule has 28 aromatic rings. The number of hydrogen-bond donors (Lipinski definition) is 0. The van der Waals surface area contributed by atoms with Crippen molar-refractivity contribution in [2.75, 3.05) is 9.80 Å². The predicted octanol–water partition coefficient (Wildman–Crippen LogP) is 39.0. The van der Waals surface area contributed by atoms with Crippen LogP contribution in [0.15, 0.2) is 558 Å². The highest BCUT2D eigenvalue weighted by Gasteiger charge is 2.37. The molecular weight excluding hydrogens is 1800 g/mol. The van der Waals surface area contributed by atoms with E-state index in [9.17, 15) is 0 Å². The summed E-state index contributed by atoms with van der Waals surface area (Å²) in [6.45, 7) is 4.79. The summed E-state index contributed by atoms with van der Waals surface area (Å²) in [5, 5.41) is 15.1. The minimum Gasteiger partial charge on any atom is -0.311 e. The van der Waals surface area contributed by atoms with Gasteiger partial charge in [-0.2, -0.15) is 0 Å². The van der Waals surface area contributed by atoms with Gasteiger partial charge in [-0.15, -0.1) is 0 Å². The molecule has 29 rings (SSSR count). The summed E-state index contributed by atoms with van der Waals surface area (Å²) in [4.78, 5) is 4.79. The summed E-state index contributed by atoms with van der Waals surface area (Å²) in [6.07, 6.45) is 0. The molecule has 0 N–H and O–H groups in total. The molecule has 0 saturated heterocycles. The monoisotopic (exact) mass is 1900 g/mol. The zero-order valence-corrected chi connectivity index (χ0v) is 82.3. The Bertz CT molecular complexity index is 9930. The van der Waals surface area contributed by atoms with Crippen LogP contribution >= 0.6 is 0 Å². The fraction of sp³-hybridized carbons (Fsp3) is 0.0210. The molecular formula is C143H98N6. The first-order valence-corrected chi connectivity index (χ1v) is 51.5. The summed E-state index contributed by atoms with van der Waals surface area (Å²) in [6, 6.07) is 204. The third kappa shape index (κ3) is 15.2. The molecule has 6 nitrogen and oxygen atoms in total. The fourth-order valence-electron chi connectivity index (χ4n) is 23.8. The van der Waals surface area contributed by atoms with Crippen molar-refractivity contribution in [3.63, 3.8) is 0 Å². The molecule has 149 heavy (non-hydrogen) atoms. The minimum atomic E-state index is -0.247. The summed E-state index contributed by atoms with van der Waals surface area (Å²) in [5.41, 5.74) is 42.7. The Labute approximate surface area is 865 Å². The smallest absolute Gasteiger partial charge is 0.0541 e. The molecule has 700 valence electrons. The number of benzene rings is 24. The van der Waals surface area contributed by atoms with E-state index in [4.69, 9.17) is 0 Å². The van der Waals surface area contributed by atoms with E-state index in [-0.39, 0.29) is 5.41 Å². The van der Waals surface area contributed by atoms with Gasteiger partial charge in [0, 0.05) is 105 Å². The second kappa shape index (κ2) is 36.2. The lowest BCUT2D eigenvalue weighted by Gasteiger charge is -2.28. The van der Waals surface area contributed by atoms with E-state index in [1.807, 2.05) is 0 Å². The lowest BCUT2D eigenvalue weighted by atomic mass is 9.81. The molecule has 0 spiro atoms. The average Bonchev–Trinajstić information content (AvgIpc) is 1.56. The zero-order chi connectivity index (χ0) is 98.7. The molecule has 4 heterocycles. The Morgan fingerprint density at radius 2 is 0.362 bits per heavy atom. The standard InChI is InChI=1S/C73H51N3.C70H47N3/c1-73(2)67-46-53(52-34-44-72-66(45-52)65-22-10-13-26-71(65)75(72)54-17-4-3-5-18-54)33-42-61(67)62-43-41-58(47-68(62)73)74(56-39-31-51(32-40-56)60-23-14-16-50-15-6-7-19-59(50)60)55-35-27-48(28-36-55)49-29-37-57(38-30-49)76-69-24-11-8-20-63(69)64-21-9-12-25-70(64)76;1-2-15-56(16-3-1)72-69-24-11-8-20-65(69)66-47-55(37-46-70(66)72)52-27-25-48(26-28-52)49-29-38-57(39-30-49)71(59-44-35-54(36-45-59)62-21-12-14-53-13-4-5-17-61(53)62)58-40-31-50(32-41-58)51-33-42-60(43-34-51)73-67-22-9-6-18-63(67)64-19-7-10-23-68(64)73/h3-47H,1-2H3;1-47H. The molecule has 24 aromatic carbocycles. The molecule has 0 fully saturated rings. The molecule has 0 bridgehead atoms. The van der Waals surface area contributed by atoms with E-state index in [1.165, 1.54) is 220 Å². The van der Waals surface area contributed by atoms with Crippen molar-refractivity contribution in [2.24, 2.45) is 0 Å². The summed E-state index contributed by atoms with van der Waals surface area (Å²) < 4.78 is 9.50. The zero-order valence-electron chi connectivity index (χ0n) is 82.3. The molecule has 6 heteroatoms. The maximum Gasteiger partial charge on any atom is 0.0541 e. The van der Waals surface area contributed by atoms with E-state index in [0.29, 0.717) is 0 Å². The topological polar surface area (TPSA) is 26.2 Å². The van der Waals surface area contributed by atoms with Crippen molar-refractivity contribution in [3.8, 4) is 112 Å². The van der Waals surface area contributed by atoms with Gasteiger partial charge >= 0.3 is 0 Å². The lowest BCUT2D eigenvalue weighted by Crippen LogP contribution is -2.16. The van der Waals surface area contributed by atoms with Crippen LogP contribution in [0.25, 0.3) is 221 Å². The van der Waals surface area contributed by atoms with Crippen LogP contribution in [0.1, 0.15) is 25.0 Å². The number of anilines is 6. The second-order valence-corrected chi connectivity index (χ2v) is 39.8. The first-order chi connectivity index (χ1) is 73.6. The Hall–Kier alpha value is -19.4. The highest BCUT2D eigenvalue weighted by atomic mass is 15.1. The SMILES string of the molecule is CC1(C)c2cc(-c3ccc4c(c3)c3ccccc3n4-c3ccccc3)ccc2-c2ccc(N(c3ccc(-c4ccc(-n5c6ccccc6c6ccccc65)cc4)cc3)c3ccc(-c4cccc5ccccc45)cc3)cc21.c1ccc(-n2c3ccccc3c3cc(-c4ccc(-c5ccc(N(c6ccc(-c7ccc(-n8c9ccccc9c9ccccc98)cc7)cc6)c6ccc(-c7cccc8ccccc78)cc6)cc5)cc4)ccc32)cc1. The van der Waals surface area contributed by atoms with Crippen molar-refractivity contribution in [1.82, 2.24) is 18.3 Å². The van der Waals surface area contributed by atoms with E-state index in [2.05, 4.69) is 600 Å². The summed E-state index contributed by atoms with van der Waals surface area (Å²) in [7, 11) is 0. The molecule has 0 amide bonds. The number of aromatic nitrogens is 4. The van der Waals surface area contributed by atoms with Gasteiger partial charge < -0.3 is 28.1 Å². The Morgan fingerprint density at radius 1 is 0.141 bits per heavy atom. The van der Waals surface area contributed by atoms with Crippen molar-refractivity contribution in [1.29, 1.82) is 0 Å². The maximum atomic E-state index is 2.45. The molecule has 1 aliphatic rings. The maximum absolute atomic E-state index is 2.45. The Balaban J connectivity index is 0.000000143. The van der Waals surface area contributed by atoms with Crippen molar-refractivity contribution >= 4 is 143 Å². The first-order valence-electron chi connectivity index (χ1n) is 51.5. The Kier molecular flexibility index (Phi) is 21.2. The molecule has 0 atom stereocenters. The van der Waals surface area contributed by atoms with Gasteiger partial charge in [-0.25, -0.2) is 0 Å². The average molecular weight is 1900 g/mol. The van der Waals surface area contributed by atoms with Crippen molar-refractivity contribution in [2.45, 2.75) is 19.3 Å². The van der Waals surface area contributed by atoms with Gasteiger partial charge in [0.15, 0.2) is 0 Å². The normalized spacial score (nSPS) is 12.1. The van der Waals surface area contributed by atoms with Gasteiger partial charge in [0.2, 0.25) is 0 Å². The predicted molar refractivity (Wildman–Crippen MR) is 630 cm³/mol. The van der Waals surface area contributed by atoms with Crippen LogP contribution in [0.3, 0.4) is 0 Å². The third-order valence-corrected chi connectivity index (χ3v) is 31.1. The number of hydrogen-bond acceptors (Lipinski definition) is 2. The van der Waals surface area contributed by atoms with Gasteiger partial charge in [0.1, 0.15) is 0 Å². The lowest BCUT2D eigenvalue weighted by molar-refractivity contribution is 0.660. The third-order valence-electron chi connectivity index (χ3n) is 31.1. The minimum absolute atomic E-state index is 0.247. The molecule has 0 radical (unpaired) electrons. The first kappa shape index (κ1) is 87.4. The van der Waals surface area contributed by atoms with Gasteiger partial charge in [0.25, 0.3) is 0 Å². The van der Waals surface area contributed by atoms with Crippen molar-refractivity contribution in [3.05, 3.63) is 569 Å². The quantitative estimate of drug-likeness (QED) is 0.0908. The van der Waals surface area contributed by atoms with E-state index >= 15 is 0 Å². The molecule has 4 aromatic heterocycles. The fourth-order valence-corrected chi connectivity index (χ4v) is 23.8. The van der Waals surface area contributed by atoms with E-state index in [0.717, 1.165) is 45.5 Å². The van der Waals surface area contributed by atoms with Crippen LogP contribution in [0.4, 0.5) is 34.1 Å². The highest BCUT2D eigenvalue weighted by Crippen LogP contribution is 2.54. The van der Waals surface area contributed by atoms with Gasteiger partial charge in [0.05, 0.1) is 44.1 Å². The largest absolute Gasteiger partial charge is 0.311 e. The van der Waals surface area contributed by atoms with Crippen LogP contribution < -0.4 is 9.80 Å². The molecule has 0 unspecified atom stereocenters. The van der Waals surface area contributed by atoms with Crippen LogP contribution in [-0.4, -0.2) is 18.3 Å². The highest BCUT2D eigenvalue weighted by molar-refractivity contribution is 6.14.